The van der Waals surface area contributed by atoms with Crippen LogP contribution in [-0.4, -0.2) is 29.6 Å². The van der Waals surface area contributed by atoms with E-state index in [0.29, 0.717) is 11.5 Å². The van der Waals surface area contributed by atoms with Crippen LogP contribution in [0.4, 0.5) is 5.95 Å². The zero-order chi connectivity index (χ0) is 15.5. The number of nitrogens with zero attached hydrogens (tertiary/aromatic N) is 3. The lowest BCUT2D eigenvalue weighted by molar-refractivity contribution is 0.254. The Kier molecular flexibility index (Phi) is 5.20. The van der Waals surface area contributed by atoms with Gasteiger partial charge in [-0.1, -0.05) is 20.8 Å². The van der Waals surface area contributed by atoms with E-state index in [2.05, 4.69) is 56.0 Å². The highest BCUT2D eigenvalue weighted by molar-refractivity contribution is 5.36. The van der Waals surface area contributed by atoms with E-state index in [-0.39, 0.29) is 0 Å². The van der Waals surface area contributed by atoms with Crippen LogP contribution >= 0.6 is 0 Å². The van der Waals surface area contributed by atoms with Crippen molar-refractivity contribution in [2.75, 3.05) is 24.5 Å². The van der Waals surface area contributed by atoms with Crippen molar-refractivity contribution in [3.63, 3.8) is 0 Å². The number of fused-ring (bicyclic) bond motifs is 1. The molecule has 4 nitrogen and oxygen atoms in total. The summed E-state index contributed by atoms with van der Waals surface area (Å²) in [6.45, 7) is 14.2. The molecule has 0 saturated carbocycles. The molecule has 0 aliphatic heterocycles. The zero-order valence-corrected chi connectivity index (χ0v) is 14.2. The summed E-state index contributed by atoms with van der Waals surface area (Å²) in [5, 5.41) is 3.67. The second-order valence-corrected chi connectivity index (χ2v) is 6.80. The van der Waals surface area contributed by atoms with Crippen LogP contribution in [0.1, 0.15) is 64.8 Å². The minimum Gasteiger partial charge on any atom is -0.341 e. The highest BCUT2D eigenvalue weighted by atomic mass is 15.2. The number of aromatic nitrogens is 2. The Morgan fingerprint density at radius 1 is 1.29 bits per heavy atom. The maximum atomic E-state index is 4.88. The molecule has 0 bridgehead atoms. The molecule has 1 aromatic heterocycles. The second kappa shape index (κ2) is 6.73. The van der Waals surface area contributed by atoms with E-state index < -0.39 is 0 Å². The van der Waals surface area contributed by atoms with Crippen molar-refractivity contribution in [3.8, 4) is 0 Å². The Balaban J connectivity index is 2.32. The molecule has 0 spiro atoms. The molecule has 0 fully saturated rings. The molecule has 0 aromatic carbocycles. The molecule has 1 N–H and O–H groups in total. The number of anilines is 1. The van der Waals surface area contributed by atoms with Gasteiger partial charge >= 0.3 is 0 Å². The van der Waals surface area contributed by atoms with E-state index in [1.165, 1.54) is 11.3 Å². The molecule has 0 saturated heterocycles. The quantitative estimate of drug-likeness (QED) is 0.872. The Hall–Kier alpha value is -1.16. The van der Waals surface area contributed by atoms with Crippen molar-refractivity contribution in [1.82, 2.24) is 15.3 Å². The maximum absolute atomic E-state index is 4.88. The van der Waals surface area contributed by atoms with Crippen molar-refractivity contribution in [2.24, 2.45) is 5.41 Å². The summed E-state index contributed by atoms with van der Waals surface area (Å²) in [6, 6.07) is 0.398. The molecule has 1 unspecified atom stereocenters. The third-order valence-electron chi connectivity index (χ3n) is 4.35. The monoisotopic (exact) mass is 290 g/mol. The Morgan fingerprint density at radius 3 is 2.62 bits per heavy atom. The largest absolute Gasteiger partial charge is 0.341 e. The normalized spacial score (nSPS) is 20.1. The van der Waals surface area contributed by atoms with Gasteiger partial charge in [0.2, 0.25) is 5.95 Å². The van der Waals surface area contributed by atoms with Crippen LogP contribution in [0.15, 0.2) is 6.20 Å². The van der Waals surface area contributed by atoms with Gasteiger partial charge in [-0.2, -0.15) is 0 Å². The van der Waals surface area contributed by atoms with E-state index in [9.17, 15) is 0 Å². The average Bonchev–Trinajstić information content (AvgIpc) is 2.44. The van der Waals surface area contributed by atoms with Gasteiger partial charge in [0, 0.05) is 30.9 Å². The van der Waals surface area contributed by atoms with Crippen molar-refractivity contribution in [1.29, 1.82) is 0 Å². The van der Waals surface area contributed by atoms with E-state index >= 15 is 0 Å². The third kappa shape index (κ3) is 3.73. The first-order valence-corrected chi connectivity index (χ1v) is 8.34. The van der Waals surface area contributed by atoms with Gasteiger partial charge in [-0.25, -0.2) is 9.97 Å². The van der Waals surface area contributed by atoms with Crippen molar-refractivity contribution >= 4 is 5.95 Å². The Bertz CT molecular complexity index is 466. The minimum absolute atomic E-state index is 0.299. The Morgan fingerprint density at radius 2 is 2.00 bits per heavy atom. The topological polar surface area (TPSA) is 41.1 Å². The standard InChI is InChI=1S/C17H30N4/c1-6-9-18-14-10-17(4,5)11-15-13(14)12-19-16(20-15)21(7-2)8-3/h12,14,18H,6-11H2,1-5H3. The van der Waals surface area contributed by atoms with Gasteiger partial charge in [0.15, 0.2) is 0 Å². The van der Waals surface area contributed by atoms with Gasteiger partial charge in [-0.3, -0.25) is 0 Å². The van der Waals surface area contributed by atoms with Crippen LogP contribution in [-0.2, 0) is 6.42 Å². The molecule has 2 rings (SSSR count). The molecule has 4 heteroatoms. The fraction of sp³-hybridized carbons (Fsp3) is 0.765. The van der Waals surface area contributed by atoms with Crippen LogP contribution in [0.5, 0.6) is 0 Å². The van der Waals surface area contributed by atoms with Gasteiger partial charge in [0.25, 0.3) is 0 Å². The van der Waals surface area contributed by atoms with Gasteiger partial charge in [0.1, 0.15) is 0 Å². The van der Waals surface area contributed by atoms with Crippen LogP contribution in [0.3, 0.4) is 0 Å². The summed E-state index contributed by atoms with van der Waals surface area (Å²) in [6.07, 6.45) is 5.42. The predicted molar refractivity (Wildman–Crippen MR) is 88.7 cm³/mol. The van der Waals surface area contributed by atoms with Gasteiger partial charge in [-0.15, -0.1) is 0 Å². The molecule has 1 aliphatic rings. The van der Waals surface area contributed by atoms with Crippen molar-refractivity contribution in [2.45, 2.75) is 59.9 Å². The number of hydrogen-bond donors (Lipinski definition) is 1. The van der Waals surface area contributed by atoms with Crippen molar-refractivity contribution < 1.29 is 0 Å². The van der Waals surface area contributed by atoms with E-state index in [0.717, 1.165) is 44.8 Å². The van der Waals surface area contributed by atoms with Crippen molar-refractivity contribution in [3.05, 3.63) is 17.5 Å². The second-order valence-electron chi connectivity index (χ2n) is 6.80. The summed E-state index contributed by atoms with van der Waals surface area (Å²) in [4.78, 5) is 11.7. The average molecular weight is 290 g/mol. The molecule has 1 aliphatic carbocycles. The lowest BCUT2D eigenvalue weighted by Gasteiger charge is -2.37. The first-order valence-electron chi connectivity index (χ1n) is 8.34. The van der Waals surface area contributed by atoms with Crippen LogP contribution in [0, 0.1) is 5.41 Å². The fourth-order valence-corrected chi connectivity index (χ4v) is 3.20. The highest BCUT2D eigenvalue weighted by Crippen LogP contribution is 2.40. The summed E-state index contributed by atoms with van der Waals surface area (Å²) >= 11 is 0. The molecule has 0 amide bonds. The molecule has 118 valence electrons. The molecule has 1 atom stereocenters. The van der Waals surface area contributed by atoms with Crippen LogP contribution in [0.2, 0.25) is 0 Å². The molecule has 0 radical (unpaired) electrons. The summed E-state index contributed by atoms with van der Waals surface area (Å²) in [5.74, 6) is 0.880. The summed E-state index contributed by atoms with van der Waals surface area (Å²) in [7, 11) is 0. The number of rotatable bonds is 6. The van der Waals surface area contributed by atoms with E-state index in [1.807, 2.05) is 0 Å². The molecule has 21 heavy (non-hydrogen) atoms. The molecule has 1 heterocycles. The lowest BCUT2D eigenvalue weighted by atomic mass is 9.74. The third-order valence-corrected chi connectivity index (χ3v) is 4.35. The maximum Gasteiger partial charge on any atom is 0.225 e. The fourth-order valence-electron chi connectivity index (χ4n) is 3.20. The first kappa shape index (κ1) is 16.2. The minimum atomic E-state index is 0.299. The van der Waals surface area contributed by atoms with Gasteiger partial charge < -0.3 is 10.2 Å². The summed E-state index contributed by atoms with van der Waals surface area (Å²) < 4.78 is 0. The van der Waals surface area contributed by atoms with E-state index in [1.54, 1.807) is 0 Å². The Labute approximate surface area is 129 Å². The first-order chi connectivity index (χ1) is 10.0. The molecular weight excluding hydrogens is 260 g/mol. The van der Waals surface area contributed by atoms with Gasteiger partial charge in [-0.05, 0) is 45.1 Å². The highest BCUT2D eigenvalue weighted by Gasteiger charge is 2.33. The predicted octanol–water partition coefficient (Wildman–Crippen LogP) is 3.34. The number of hydrogen-bond acceptors (Lipinski definition) is 4. The zero-order valence-electron chi connectivity index (χ0n) is 14.2. The SMILES string of the molecule is CCCNC1CC(C)(C)Cc2nc(N(CC)CC)ncc21. The molecule has 1 aromatic rings. The number of nitrogens with one attached hydrogen (secondary N) is 1. The lowest BCUT2D eigenvalue weighted by Crippen LogP contribution is -2.35. The van der Waals surface area contributed by atoms with Crippen LogP contribution in [0.25, 0.3) is 0 Å². The van der Waals surface area contributed by atoms with E-state index in [4.69, 9.17) is 4.98 Å². The van der Waals surface area contributed by atoms with Crippen LogP contribution < -0.4 is 10.2 Å². The summed E-state index contributed by atoms with van der Waals surface area (Å²) in [5.41, 5.74) is 2.84. The molecular formula is C17H30N4. The smallest absolute Gasteiger partial charge is 0.225 e. The van der Waals surface area contributed by atoms with Gasteiger partial charge in [0.05, 0.1) is 5.69 Å².